The van der Waals surface area contributed by atoms with Crippen LogP contribution < -0.4 is 5.32 Å². The second-order valence-corrected chi connectivity index (χ2v) is 8.70. The number of hydrogen-bond acceptors (Lipinski definition) is 3. The lowest BCUT2D eigenvalue weighted by molar-refractivity contribution is -0.149. The normalized spacial score (nSPS) is 25.2. The zero-order valence-electron chi connectivity index (χ0n) is 17.4. The van der Waals surface area contributed by atoms with Crippen LogP contribution in [-0.4, -0.2) is 36.6 Å². The number of carbonyl (C=O) groups is 2. The number of halogens is 1. The molecular formula is C23H33ClN2O3. The molecule has 1 saturated heterocycles. The summed E-state index contributed by atoms with van der Waals surface area (Å²) >= 11 is 6.04. The van der Waals surface area contributed by atoms with Crippen LogP contribution in [0.15, 0.2) is 24.3 Å². The van der Waals surface area contributed by atoms with E-state index in [4.69, 9.17) is 16.3 Å². The first-order valence-electron chi connectivity index (χ1n) is 11.0. The molecule has 0 radical (unpaired) electrons. The van der Waals surface area contributed by atoms with E-state index in [1.807, 2.05) is 36.1 Å². The molecule has 1 saturated carbocycles. The Kier molecular flexibility index (Phi) is 8.22. The molecule has 3 rings (SSSR count). The molecule has 1 aliphatic carbocycles. The van der Waals surface area contributed by atoms with Crippen molar-refractivity contribution >= 4 is 23.6 Å². The van der Waals surface area contributed by atoms with Crippen LogP contribution in [-0.2, 0) is 9.53 Å². The minimum atomic E-state index is -0.0645. The van der Waals surface area contributed by atoms with Crippen molar-refractivity contribution in [3.05, 3.63) is 34.9 Å². The fourth-order valence-electron chi connectivity index (χ4n) is 4.58. The van der Waals surface area contributed by atoms with Gasteiger partial charge in [0.1, 0.15) is 0 Å². The molecule has 29 heavy (non-hydrogen) atoms. The molecule has 1 N–H and O–H groups in total. The van der Waals surface area contributed by atoms with Crippen molar-refractivity contribution in [1.29, 1.82) is 0 Å². The second-order valence-electron chi connectivity index (χ2n) is 8.27. The standard InChI is InChI=1S/C23H33ClN2O3/c1-2-29-22(27)19-9-7-17(8-10-19)16-25-23(28)26-15-5-3-4-6-21(26)18-11-13-20(24)14-12-18/h11-14,17,19,21H,2-10,15-16H2,1H3,(H,25,28). The van der Waals surface area contributed by atoms with Crippen molar-refractivity contribution in [2.24, 2.45) is 11.8 Å². The first-order chi connectivity index (χ1) is 14.1. The zero-order valence-corrected chi connectivity index (χ0v) is 18.1. The number of benzene rings is 1. The fourth-order valence-corrected chi connectivity index (χ4v) is 4.70. The molecule has 1 unspecified atom stereocenters. The fraction of sp³-hybridized carbons (Fsp3) is 0.652. The molecule has 6 heteroatoms. The summed E-state index contributed by atoms with van der Waals surface area (Å²) < 4.78 is 5.14. The second kappa shape index (κ2) is 10.9. The number of nitrogens with one attached hydrogen (secondary N) is 1. The lowest BCUT2D eigenvalue weighted by Gasteiger charge is -2.32. The molecule has 2 amide bonds. The van der Waals surface area contributed by atoms with Crippen molar-refractivity contribution in [3.63, 3.8) is 0 Å². The first kappa shape index (κ1) is 21.9. The topological polar surface area (TPSA) is 58.6 Å². The lowest BCUT2D eigenvalue weighted by Crippen LogP contribution is -2.44. The number of urea groups is 1. The molecule has 1 heterocycles. The predicted octanol–water partition coefficient (Wildman–Crippen LogP) is 5.34. The SMILES string of the molecule is CCOC(=O)C1CCC(CNC(=O)N2CCCCCC2c2ccc(Cl)cc2)CC1. The van der Waals surface area contributed by atoms with E-state index in [1.54, 1.807) is 0 Å². The Labute approximate surface area is 179 Å². The van der Waals surface area contributed by atoms with Gasteiger partial charge in [0.2, 0.25) is 0 Å². The average molecular weight is 421 g/mol. The molecule has 2 aliphatic rings. The molecule has 2 fully saturated rings. The van der Waals surface area contributed by atoms with E-state index >= 15 is 0 Å². The molecule has 1 aliphatic heterocycles. The van der Waals surface area contributed by atoms with Gasteiger partial charge >= 0.3 is 12.0 Å². The third kappa shape index (κ3) is 6.11. The summed E-state index contributed by atoms with van der Waals surface area (Å²) in [6.07, 6.45) is 7.96. The quantitative estimate of drug-likeness (QED) is 0.654. The summed E-state index contributed by atoms with van der Waals surface area (Å²) in [6.45, 7) is 3.76. The maximum absolute atomic E-state index is 13.0. The van der Waals surface area contributed by atoms with Gasteiger partial charge in [-0.15, -0.1) is 0 Å². The highest BCUT2D eigenvalue weighted by molar-refractivity contribution is 6.30. The Morgan fingerprint density at radius 2 is 1.79 bits per heavy atom. The number of ether oxygens (including phenoxy) is 1. The summed E-state index contributed by atoms with van der Waals surface area (Å²) in [6, 6.07) is 8.01. The highest BCUT2D eigenvalue weighted by atomic mass is 35.5. The summed E-state index contributed by atoms with van der Waals surface area (Å²) in [7, 11) is 0. The summed E-state index contributed by atoms with van der Waals surface area (Å²) in [5.41, 5.74) is 1.15. The van der Waals surface area contributed by atoms with E-state index in [1.165, 1.54) is 0 Å². The molecule has 160 valence electrons. The number of likely N-dealkylation sites (tertiary alicyclic amines) is 1. The van der Waals surface area contributed by atoms with E-state index < -0.39 is 0 Å². The molecule has 0 aromatic heterocycles. The number of rotatable bonds is 5. The Morgan fingerprint density at radius 1 is 1.07 bits per heavy atom. The van der Waals surface area contributed by atoms with Crippen LogP contribution >= 0.6 is 11.6 Å². The van der Waals surface area contributed by atoms with Crippen LogP contribution in [0.3, 0.4) is 0 Å². The van der Waals surface area contributed by atoms with Crippen LogP contribution in [0.2, 0.25) is 5.02 Å². The van der Waals surface area contributed by atoms with Crippen LogP contribution in [0.1, 0.15) is 69.9 Å². The Balaban J connectivity index is 1.53. The van der Waals surface area contributed by atoms with Gasteiger partial charge in [0.05, 0.1) is 18.6 Å². The van der Waals surface area contributed by atoms with E-state index in [0.29, 0.717) is 19.1 Å². The van der Waals surface area contributed by atoms with Crippen molar-refractivity contribution < 1.29 is 14.3 Å². The number of amides is 2. The van der Waals surface area contributed by atoms with Gasteiger partial charge in [-0.1, -0.05) is 36.6 Å². The lowest BCUT2D eigenvalue weighted by atomic mass is 9.82. The zero-order chi connectivity index (χ0) is 20.6. The first-order valence-corrected chi connectivity index (χ1v) is 11.4. The van der Waals surface area contributed by atoms with Gasteiger partial charge in [-0.2, -0.15) is 0 Å². The van der Waals surface area contributed by atoms with E-state index in [0.717, 1.165) is 68.5 Å². The number of carbonyl (C=O) groups excluding carboxylic acids is 2. The van der Waals surface area contributed by atoms with Gasteiger partial charge in [-0.05, 0) is 69.1 Å². The van der Waals surface area contributed by atoms with Gasteiger partial charge in [0.15, 0.2) is 0 Å². The largest absolute Gasteiger partial charge is 0.466 e. The third-order valence-electron chi connectivity index (χ3n) is 6.28. The average Bonchev–Trinajstić information content (AvgIpc) is 2.99. The maximum atomic E-state index is 13.0. The van der Waals surface area contributed by atoms with Crippen LogP contribution in [0.5, 0.6) is 0 Å². The highest BCUT2D eigenvalue weighted by Crippen LogP contribution is 2.32. The van der Waals surface area contributed by atoms with E-state index in [9.17, 15) is 9.59 Å². The van der Waals surface area contributed by atoms with Crippen LogP contribution in [0.4, 0.5) is 4.79 Å². The van der Waals surface area contributed by atoms with Crippen LogP contribution in [0.25, 0.3) is 0 Å². The van der Waals surface area contributed by atoms with Crippen LogP contribution in [0, 0.1) is 11.8 Å². The molecular weight excluding hydrogens is 388 g/mol. The van der Waals surface area contributed by atoms with Gasteiger partial charge in [-0.25, -0.2) is 4.79 Å². The number of hydrogen-bond donors (Lipinski definition) is 1. The van der Waals surface area contributed by atoms with Gasteiger partial charge in [0, 0.05) is 18.1 Å². The minimum absolute atomic E-state index is 0.0272. The molecule has 0 bridgehead atoms. The monoisotopic (exact) mass is 420 g/mol. The van der Waals surface area contributed by atoms with Crippen molar-refractivity contribution in [2.45, 2.75) is 64.3 Å². The Morgan fingerprint density at radius 3 is 2.48 bits per heavy atom. The summed E-state index contributed by atoms with van der Waals surface area (Å²) in [5.74, 6) is 0.401. The van der Waals surface area contributed by atoms with Gasteiger partial charge < -0.3 is 15.0 Å². The molecule has 1 aromatic carbocycles. The molecule has 5 nitrogen and oxygen atoms in total. The molecule has 1 aromatic rings. The molecule has 0 spiro atoms. The maximum Gasteiger partial charge on any atom is 0.317 e. The number of esters is 1. The highest BCUT2D eigenvalue weighted by Gasteiger charge is 2.29. The van der Waals surface area contributed by atoms with Gasteiger partial charge in [-0.3, -0.25) is 4.79 Å². The Bertz CT molecular complexity index is 671. The Hall–Kier alpha value is -1.75. The minimum Gasteiger partial charge on any atom is -0.466 e. The van der Waals surface area contributed by atoms with E-state index in [-0.39, 0.29) is 24.0 Å². The summed E-state index contributed by atoms with van der Waals surface area (Å²) in [4.78, 5) is 26.9. The number of nitrogens with zero attached hydrogens (tertiary/aromatic N) is 1. The van der Waals surface area contributed by atoms with Gasteiger partial charge in [0.25, 0.3) is 0 Å². The summed E-state index contributed by atoms with van der Waals surface area (Å²) in [5, 5.41) is 3.89. The smallest absolute Gasteiger partial charge is 0.317 e. The van der Waals surface area contributed by atoms with E-state index in [2.05, 4.69) is 5.32 Å². The van der Waals surface area contributed by atoms with Crippen molar-refractivity contribution in [3.8, 4) is 0 Å². The van der Waals surface area contributed by atoms with Crippen molar-refractivity contribution in [1.82, 2.24) is 10.2 Å². The molecule has 1 atom stereocenters. The third-order valence-corrected chi connectivity index (χ3v) is 6.53. The predicted molar refractivity (Wildman–Crippen MR) is 115 cm³/mol. The van der Waals surface area contributed by atoms with Crippen molar-refractivity contribution in [2.75, 3.05) is 19.7 Å².